The molecule has 1 heterocycles. The van der Waals surface area contributed by atoms with Gasteiger partial charge in [-0.2, -0.15) is 0 Å². The van der Waals surface area contributed by atoms with Crippen LogP contribution in [0.3, 0.4) is 0 Å². The molecule has 0 saturated carbocycles. The molecule has 126 valence electrons. The highest BCUT2D eigenvalue weighted by atomic mass is 32.1. The summed E-state index contributed by atoms with van der Waals surface area (Å²) in [6.45, 7) is 6.67. The molecule has 0 fully saturated rings. The Morgan fingerprint density at radius 3 is 2.67 bits per heavy atom. The average Bonchev–Trinajstić information content (AvgIpc) is 3.01. The van der Waals surface area contributed by atoms with E-state index in [1.165, 1.54) is 16.7 Å². The zero-order valence-corrected chi connectivity index (χ0v) is 15.0. The van der Waals surface area contributed by atoms with Crippen LogP contribution in [0.15, 0.2) is 36.4 Å². The van der Waals surface area contributed by atoms with E-state index in [9.17, 15) is 0 Å². The van der Waals surface area contributed by atoms with Crippen molar-refractivity contribution in [3.05, 3.63) is 53.1 Å². The quantitative estimate of drug-likeness (QED) is 0.803. The Morgan fingerprint density at radius 2 is 1.92 bits per heavy atom. The van der Waals surface area contributed by atoms with Crippen molar-refractivity contribution in [2.45, 2.75) is 33.2 Å². The maximum atomic E-state index is 5.48. The lowest BCUT2D eigenvalue weighted by molar-refractivity contribution is 0.174. The number of benzene rings is 2. The van der Waals surface area contributed by atoms with Crippen molar-refractivity contribution in [3.63, 3.8) is 0 Å². The van der Waals surface area contributed by atoms with Crippen LogP contribution in [0.5, 0.6) is 11.5 Å². The smallest absolute Gasteiger partial charge is 0.231 e. The zero-order chi connectivity index (χ0) is 17.1. The van der Waals surface area contributed by atoms with E-state index in [-0.39, 0.29) is 12.8 Å². The predicted octanol–water partition coefficient (Wildman–Crippen LogP) is 4.47. The van der Waals surface area contributed by atoms with Gasteiger partial charge in [0.15, 0.2) is 16.6 Å². The van der Waals surface area contributed by atoms with Gasteiger partial charge in [-0.1, -0.05) is 30.7 Å². The van der Waals surface area contributed by atoms with Crippen LogP contribution in [0.4, 0.5) is 5.69 Å². The molecule has 1 unspecified atom stereocenters. The van der Waals surface area contributed by atoms with Crippen LogP contribution in [-0.4, -0.2) is 11.9 Å². The van der Waals surface area contributed by atoms with Gasteiger partial charge in [0.2, 0.25) is 6.79 Å². The van der Waals surface area contributed by atoms with Crippen LogP contribution < -0.4 is 20.1 Å². The molecular weight excluding hydrogens is 320 g/mol. The molecule has 4 nitrogen and oxygen atoms in total. The predicted molar refractivity (Wildman–Crippen MR) is 101 cm³/mol. The van der Waals surface area contributed by atoms with E-state index in [0.29, 0.717) is 5.11 Å². The van der Waals surface area contributed by atoms with Gasteiger partial charge >= 0.3 is 0 Å². The molecule has 2 N–H and O–H groups in total. The lowest BCUT2D eigenvalue weighted by Crippen LogP contribution is -2.32. The lowest BCUT2D eigenvalue weighted by Gasteiger charge is -2.22. The van der Waals surface area contributed by atoms with Crippen molar-refractivity contribution in [1.29, 1.82) is 0 Å². The van der Waals surface area contributed by atoms with Crippen molar-refractivity contribution in [2.24, 2.45) is 0 Å². The average molecular weight is 342 g/mol. The number of thiocarbonyl (C=S) groups is 1. The van der Waals surface area contributed by atoms with E-state index in [4.69, 9.17) is 21.7 Å². The maximum Gasteiger partial charge on any atom is 0.231 e. The molecule has 24 heavy (non-hydrogen) atoms. The normalized spacial score (nSPS) is 13.5. The summed E-state index contributed by atoms with van der Waals surface area (Å²) in [7, 11) is 0. The summed E-state index contributed by atoms with van der Waals surface area (Å²) in [4.78, 5) is 0. The third kappa shape index (κ3) is 3.62. The van der Waals surface area contributed by atoms with E-state index in [1.54, 1.807) is 0 Å². The monoisotopic (exact) mass is 342 g/mol. The summed E-state index contributed by atoms with van der Waals surface area (Å²) in [6, 6.07) is 12.4. The number of aryl methyl sites for hydroxylation is 2. The fraction of sp³-hybridized carbons (Fsp3) is 0.316. The van der Waals surface area contributed by atoms with E-state index >= 15 is 0 Å². The van der Waals surface area contributed by atoms with Crippen LogP contribution in [0, 0.1) is 13.8 Å². The zero-order valence-electron chi connectivity index (χ0n) is 14.2. The van der Waals surface area contributed by atoms with Gasteiger partial charge in [0.05, 0.1) is 6.04 Å². The summed E-state index contributed by atoms with van der Waals surface area (Å²) in [6.07, 6.45) is 0.951. The highest BCUT2D eigenvalue weighted by Crippen LogP contribution is 2.34. The molecule has 0 amide bonds. The first-order valence-corrected chi connectivity index (χ1v) is 8.52. The number of nitrogens with one attached hydrogen (secondary N) is 2. The summed E-state index contributed by atoms with van der Waals surface area (Å²) in [5, 5.41) is 7.23. The van der Waals surface area contributed by atoms with E-state index < -0.39 is 0 Å². The molecular formula is C19H22N2O2S. The van der Waals surface area contributed by atoms with Crippen molar-refractivity contribution < 1.29 is 9.47 Å². The molecule has 1 aliphatic rings. The maximum absolute atomic E-state index is 5.48. The number of ether oxygens (including phenoxy) is 2. The molecule has 5 heteroatoms. The molecule has 0 bridgehead atoms. The Balaban J connectivity index is 1.68. The Bertz CT molecular complexity index is 761. The topological polar surface area (TPSA) is 42.5 Å². The van der Waals surface area contributed by atoms with Crippen LogP contribution in [0.2, 0.25) is 0 Å². The molecule has 3 rings (SSSR count). The Morgan fingerprint density at radius 1 is 1.12 bits per heavy atom. The van der Waals surface area contributed by atoms with Crippen LogP contribution in [0.25, 0.3) is 0 Å². The first kappa shape index (κ1) is 16.6. The third-order valence-corrected chi connectivity index (χ3v) is 4.36. The van der Waals surface area contributed by atoms with Gasteiger partial charge in [-0.3, -0.25) is 0 Å². The molecule has 1 atom stereocenters. The Labute approximate surface area is 148 Å². The number of rotatable bonds is 4. The minimum atomic E-state index is 0.180. The SMILES string of the molecule is CCC(NC(=S)Nc1ccc2c(c1)OCO2)c1ccc(C)cc1C. The van der Waals surface area contributed by atoms with Crippen LogP contribution >= 0.6 is 12.2 Å². The molecule has 2 aromatic carbocycles. The van der Waals surface area contributed by atoms with Gasteiger partial charge < -0.3 is 20.1 Å². The van der Waals surface area contributed by atoms with Gasteiger partial charge in [0.1, 0.15) is 0 Å². The van der Waals surface area contributed by atoms with E-state index in [0.717, 1.165) is 23.6 Å². The highest BCUT2D eigenvalue weighted by molar-refractivity contribution is 7.80. The molecule has 0 aliphatic carbocycles. The van der Waals surface area contributed by atoms with Crippen molar-refractivity contribution in [2.75, 3.05) is 12.1 Å². The molecule has 2 aromatic rings. The first-order chi connectivity index (χ1) is 11.6. The van der Waals surface area contributed by atoms with Gasteiger partial charge in [-0.15, -0.1) is 0 Å². The third-order valence-electron chi connectivity index (χ3n) is 4.14. The fourth-order valence-electron chi connectivity index (χ4n) is 2.92. The van der Waals surface area contributed by atoms with Crippen LogP contribution in [-0.2, 0) is 0 Å². The fourth-order valence-corrected chi connectivity index (χ4v) is 3.18. The lowest BCUT2D eigenvalue weighted by atomic mass is 9.98. The molecule has 0 aromatic heterocycles. The minimum Gasteiger partial charge on any atom is -0.454 e. The van der Waals surface area contributed by atoms with Gasteiger partial charge in [0, 0.05) is 11.8 Å². The Hall–Kier alpha value is -2.27. The number of fused-ring (bicyclic) bond motifs is 1. The summed E-state index contributed by atoms with van der Waals surface area (Å²) in [5.41, 5.74) is 4.71. The largest absolute Gasteiger partial charge is 0.454 e. The van der Waals surface area contributed by atoms with Gasteiger partial charge in [-0.05, 0) is 55.7 Å². The Kier molecular flexibility index (Phi) is 4.90. The second kappa shape index (κ2) is 7.09. The van der Waals surface area contributed by atoms with Crippen molar-refractivity contribution in [3.8, 4) is 11.5 Å². The number of hydrogen-bond acceptors (Lipinski definition) is 3. The standard InChI is InChI=1S/C19H22N2O2S/c1-4-16(15-7-5-12(2)9-13(15)3)21-19(24)20-14-6-8-17-18(10-14)23-11-22-17/h5-10,16H,4,11H2,1-3H3,(H2,20,21,24). The van der Waals surface area contributed by atoms with Crippen LogP contribution in [0.1, 0.15) is 36.1 Å². The summed E-state index contributed by atoms with van der Waals surface area (Å²) >= 11 is 5.48. The van der Waals surface area contributed by atoms with Gasteiger partial charge in [0.25, 0.3) is 0 Å². The van der Waals surface area contributed by atoms with E-state index in [1.807, 2.05) is 18.2 Å². The van der Waals surface area contributed by atoms with E-state index in [2.05, 4.69) is 49.6 Å². The van der Waals surface area contributed by atoms with Crippen molar-refractivity contribution in [1.82, 2.24) is 5.32 Å². The summed E-state index contributed by atoms with van der Waals surface area (Å²) < 4.78 is 10.7. The second-order valence-corrected chi connectivity index (χ2v) is 6.40. The number of anilines is 1. The van der Waals surface area contributed by atoms with Gasteiger partial charge in [-0.25, -0.2) is 0 Å². The molecule has 0 spiro atoms. The summed E-state index contributed by atoms with van der Waals surface area (Å²) in [5.74, 6) is 1.50. The number of hydrogen-bond donors (Lipinski definition) is 2. The molecule has 1 aliphatic heterocycles. The molecule has 0 radical (unpaired) electrons. The second-order valence-electron chi connectivity index (χ2n) is 5.99. The highest BCUT2D eigenvalue weighted by Gasteiger charge is 2.15. The van der Waals surface area contributed by atoms with Crippen molar-refractivity contribution >= 4 is 23.0 Å². The minimum absolute atomic E-state index is 0.180. The first-order valence-electron chi connectivity index (χ1n) is 8.11. The molecule has 0 saturated heterocycles.